The van der Waals surface area contributed by atoms with E-state index in [9.17, 15) is 9.59 Å². The molecule has 0 aliphatic carbocycles. The fraction of sp³-hybridized carbons (Fsp3) is 0.333. The molecule has 4 heterocycles. The number of hydrogen-bond acceptors (Lipinski definition) is 7. The molecule has 226 valence electrons. The van der Waals surface area contributed by atoms with Gasteiger partial charge in [-0.25, -0.2) is 28.7 Å². The van der Waals surface area contributed by atoms with E-state index >= 15 is 4.39 Å². The molecule has 1 amide bonds. The highest BCUT2D eigenvalue weighted by molar-refractivity contribution is 6.50. The third kappa shape index (κ3) is 6.06. The number of rotatable bonds is 7. The van der Waals surface area contributed by atoms with Gasteiger partial charge in [-0.15, -0.1) is 0 Å². The minimum atomic E-state index is -0.613. The summed E-state index contributed by atoms with van der Waals surface area (Å²) in [5.74, 6) is -0.648. The van der Waals surface area contributed by atoms with E-state index in [-0.39, 0.29) is 46.3 Å². The number of anilines is 1. The molecule has 3 aromatic heterocycles. The van der Waals surface area contributed by atoms with Crippen LogP contribution in [0.5, 0.6) is 0 Å². The van der Waals surface area contributed by atoms with Crippen LogP contribution in [0, 0.1) is 5.82 Å². The van der Waals surface area contributed by atoms with Crippen LogP contribution in [0.4, 0.5) is 10.2 Å². The highest BCUT2D eigenvalue weighted by Crippen LogP contribution is 2.35. The molecule has 0 spiro atoms. The van der Waals surface area contributed by atoms with Crippen LogP contribution in [0.2, 0.25) is 0 Å². The molecule has 1 aliphatic rings. The SMILES string of the molecule is [B]C([B])=Cc1ccccc1-c1nc2c(cc1F)c(N1CCN(C(=O)C=C)C[C@@H]1C)nc(=O)n2-c1c(C(C)C)ncnc1C(C)C. The third-order valence-electron chi connectivity index (χ3n) is 7.92. The van der Waals surface area contributed by atoms with Crippen LogP contribution >= 0.6 is 0 Å². The van der Waals surface area contributed by atoms with Crippen molar-refractivity contribution in [3.05, 3.63) is 87.9 Å². The van der Waals surface area contributed by atoms with E-state index in [2.05, 4.69) is 21.5 Å². The molecule has 9 nitrogen and oxygen atoms in total. The summed E-state index contributed by atoms with van der Waals surface area (Å²) in [4.78, 5) is 48.7. The maximum Gasteiger partial charge on any atom is 0.355 e. The topological polar surface area (TPSA) is 97.1 Å². The van der Waals surface area contributed by atoms with Gasteiger partial charge in [0.05, 0.1) is 38.2 Å². The quantitative estimate of drug-likeness (QED) is 0.228. The van der Waals surface area contributed by atoms with E-state index in [0.717, 1.165) is 0 Å². The largest absolute Gasteiger partial charge is 0.355 e. The maximum atomic E-state index is 16.3. The van der Waals surface area contributed by atoms with Crippen LogP contribution in [-0.4, -0.2) is 76.7 Å². The molecular formula is C33H34B2FN7O2. The van der Waals surface area contributed by atoms with E-state index in [1.807, 2.05) is 39.5 Å². The molecule has 1 saturated heterocycles. The fourth-order valence-corrected chi connectivity index (χ4v) is 5.82. The molecule has 1 aliphatic heterocycles. The molecule has 0 bridgehead atoms. The average Bonchev–Trinajstić information content (AvgIpc) is 3.00. The van der Waals surface area contributed by atoms with Crippen LogP contribution in [-0.2, 0) is 4.79 Å². The van der Waals surface area contributed by atoms with Crippen molar-refractivity contribution in [1.82, 2.24) is 29.4 Å². The standard InChI is InChI=1S/C33H34B2FN7O2/c1-7-26(44)41-12-13-42(20(6)16-41)31-23-15-24(36)29(22-11-9-8-10-21(22)14-25(34)35)39-32(23)43(33(45)40-31)30-27(18(2)3)37-17-38-28(30)19(4)5/h7-11,14-15,17-20H,1,12-13,16H2,2-6H3/t20-/m0/s1. The van der Waals surface area contributed by atoms with Crippen molar-refractivity contribution >= 4 is 44.5 Å². The molecule has 1 atom stereocenters. The maximum absolute atomic E-state index is 16.3. The zero-order valence-corrected chi connectivity index (χ0v) is 26.2. The predicted octanol–water partition coefficient (Wildman–Crippen LogP) is 4.48. The van der Waals surface area contributed by atoms with Crippen LogP contribution in [0.15, 0.2) is 59.5 Å². The molecule has 4 radical (unpaired) electrons. The van der Waals surface area contributed by atoms with Crippen molar-refractivity contribution in [3.63, 3.8) is 0 Å². The number of aromatic nitrogens is 5. The Bertz CT molecular complexity index is 1860. The summed E-state index contributed by atoms with van der Waals surface area (Å²) >= 11 is 0. The number of hydrogen-bond donors (Lipinski definition) is 0. The lowest BCUT2D eigenvalue weighted by atomic mass is 9.77. The zero-order valence-electron chi connectivity index (χ0n) is 26.2. The molecule has 45 heavy (non-hydrogen) atoms. The second kappa shape index (κ2) is 12.8. The molecule has 0 N–H and O–H groups in total. The number of benzene rings is 1. The molecule has 1 fully saturated rings. The van der Waals surface area contributed by atoms with Gasteiger partial charge in [0.15, 0.2) is 5.65 Å². The van der Waals surface area contributed by atoms with Crippen molar-refractivity contribution in [3.8, 4) is 16.9 Å². The van der Waals surface area contributed by atoms with Gasteiger partial charge in [-0.1, -0.05) is 64.6 Å². The number of halogens is 1. The average molecular weight is 601 g/mol. The van der Waals surface area contributed by atoms with E-state index in [1.165, 1.54) is 29.1 Å². The Hall–Kier alpha value is -4.60. The molecule has 12 heteroatoms. The van der Waals surface area contributed by atoms with Gasteiger partial charge in [0.2, 0.25) is 5.91 Å². The first-order chi connectivity index (χ1) is 21.4. The summed E-state index contributed by atoms with van der Waals surface area (Å²) in [7, 11) is 11.6. The summed E-state index contributed by atoms with van der Waals surface area (Å²) in [6.07, 6.45) is 4.31. The van der Waals surface area contributed by atoms with Gasteiger partial charge in [-0.05, 0) is 36.5 Å². The van der Waals surface area contributed by atoms with Crippen molar-refractivity contribution < 1.29 is 9.18 Å². The van der Waals surface area contributed by atoms with Gasteiger partial charge in [0.25, 0.3) is 0 Å². The summed E-state index contributed by atoms with van der Waals surface area (Å²) in [6, 6.07) is 8.17. The van der Waals surface area contributed by atoms with E-state index in [4.69, 9.17) is 20.7 Å². The lowest BCUT2D eigenvalue weighted by molar-refractivity contribution is -0.126. The van der Waals surface area contributed by atoms with Crippen molar-refractivity contribution in [2.24, 2.45) is 0 Å². The highest BCUT2D eigenvalue weighted by atomic mass is 19.1. The minimum absolute atomic E-state index is 0.0180. The number of pyridine rings is 1. The summed E-state index contributed by atoms with van der Waals surface area (Å²) in [5, 5.41) is 0.394. The van der Waals surface area contributed by atoms with E-state index in [1.54, 1.807) is 29.2 Å². The number of nitrogens with zero attached hydrogens (tertiary/aromatic N) is 7. The van der Waals surface area contributed by atoms with Crippen molar-refractivity contribution in [2.45, 2.75) is 52.5 Å². The van der Waals surface area contributed by atoms with E-state index < -0.39 is 11.5 Å². The van der Waals surface area contributed by atoms with Gasteiger partial charge < -0.3 is 9.80 Å². The number of carbonyl (C=O) groups excluding carboxylic acids is 1. The first-order valence-electron chi connectivity index (χ1n) is 14.9. The number of piperazine rings is 1. The van der Waals surface area contributed by atoms with Gasteiger partial charge >= 0.3 is 5.69 Å². The Kier molecular flexibility index (Phi) is 9.04. The van der Waals surface area contributed by atoms with Gasteiger partial charge in [-0.2, -0.15) is 10.4 Å². The van der Waals surface area contributed by atoms with Crippen LogP contribution in [0.1, 0.15) is 63.4 Å². The van der Waals surface area contributed by atoms with Gasteiger partial charge in [-0.3, -0.25) is 4.79 Å². The monoisotopic (exact) mass is 601 g/mol. The minimum Gasteiger partial charge on any atom is -0.350 e. The van der Waals surface area contributed by atoms with Crippen LogP contribution < -0.4 is 10.6 Å². The van der Waals surface area contributed by atoms with Crippen molar-refractivity contribution in [1.29, 1.82) is 0 Å². The number of fused-ring (bicyclic) bond motifs is 1. The Morgan fingerprint density at radius 2 is 1.73 bits per heavy atom. The third-order valence-corrected chi connectivity index (χ3v) is 7.92. The predicted molar refractivity (Wildman–Crippen MR) is 177 cm³/mol. The zero-order chi connectivity index (χ0) is 32.6. The summed E-state index contributed by atoms with van der Waals surface area (Å²) in [6.45, 7) is 14.6. The van der Waals surface area contributed by atoms with Gasteiger partial charge in [0.1, 0.15) is 23.7 Å². The molecule has 0 saturated carbocycles. The fourth-order valence-electron chi connectivity index (χ4n) is 5.82. The second-order valence-electron chi connectivity index (χ2n) is 11.8. The lowest BCUT2D eigenvalue weighted by Crippen LogP contribution is -2.54. The molecular weight excluding hydrogens is 567 g/mol. The smallest absolute Gasteiger partial charge is 0.350 e. The first kappa shape index (κ1) is 31.8. The van der Waals surface area contributed by atoms with E-state index in [0.29, 0.717) is 53.2 Å². The second-order valence-corrected chi connectivity index (χ2v) is 11.8. The Labute approximate surface area is 264 Å². The Balaban J connectivity index is 1.86. The molecule has 0 unspecified atom stereocenters. The highest BCUT2D eigenvalue weighted by Gasteiger charge is 2.31. The van der Waals surface area contributed by atoms with Crippen LogP contribution in [0.3, 0.4) is 0 Å². The van der Waals surface area contributed by atoms with Crippen LogP contribution in [0.25, 0.3) is 34.1 Å². The molecule has 1 aromatic carbocycles. The Morgan fingerprint density at radius 1 is 1.07 bits per heavy atom. The summed E-state index contributed by atoms with van der Waals surface area (Å²) < 4.78 is 17.7. The summed E-state index contributed by atoms with van der Waals surface area (Å²) in [5.41, 5.74) is 2.40. The van der Waals surface area contributed by atoms with Crippen molar-refractivity contribution in [2.75, 3.05) is 24.5 Å². The first-order valence-corrected chi connectivity index (χ1v) is 14.9. The number of amides is 1. The lowest BCUT2D eigenvalue weighted by Gasteiger charge is -2.40. The molecule has 4 aromatic rings. The van der Waals surface area contributed by atoms with Gasteiger partial charge in [0, 0.05) is 31.2 Å². The normalized spacial score (nSPS) is 15.2. The molecule has 5 rings (SSSR count). The number of carbonyl (C=O) groups is 1. The Morgan fingerprint density at radius 3 is 2.33 bits per heavy atom.